The Kier molecular flexibility index (Phi) is 7.13. The highest BCUT2D eigenvalue weighted by Crippen LogP contribution is 2.29. The molecule has 0 unspecified atom stereocenters. The van der Waals surface area contributed by atoms with Gasteiger partial charge >= 0.3 is 5.97 Å². The van der Waals surface area contributed by atoms with E-state index in [-0.39, 0.29) is 22.7 Å². The standard InChI is InChI=1S/C24H17N3O6/c1-32-22-14-19(27(30)31)9-12-21(22)26-23(28)18(15-25)13-16-7-10-20(11-8-16)33-24(29)17-5-3-2-4-6-17/h2-14H,1H3,(H,26,28). The SMILES string of the molecule is COc1cc([N+](=O)[O-])ccc1NC(=O)C(C#N)=Cc1ccc(OC(=O)c2ccccc2)cc1. The van der Waals surface area contributed by atoms with Crippen LogP contribution in [0.2, 0.25) is 0 Å². The largest absolute Gasteiger partial charge is 0.494 e. The summed E-state index contributed by atoms with van der Waals surface area (Å²) in [5.41, 5.74) is 0.708. The third-order valence-corrected chi connectivity index (χ3v) is 4.42. The van der Waals surface area contributed by atoms with Crippen molar-refractivity contribution in [3.05, 3.63) is 99.6 Å². The topological polar surface area (TPSA) is 132 Å². The zero-order chi connectivity index (χ0) is 23.8. The molecule has 0 saturated heterocycles. The van der Waals surface area contributed by atoms with Crippen LogP contribution in [0.3, 0.4) is 0 Å². The summed E-state index contributed by atoms with van der Waals surface area (Å²) in [6.45, 7) is 0. The van der Waals surface area contributed by atoms with Crippen LogP contribution < -0.4 is 14.8 Å². The summed E-state index contributed by atoms with van der Waals surface area (Å²) < 4.78 is 10.4. The number of ether oxygens (including phenoxy) is 2. The van der Waals surface area contributed by atoms with E-state index in [1.165, 1.54) is 31.4 Å². The molecule has 0 saturated carbocycles. The number of hydrogen-bond donors (Lipinski definition) is 1. The molecular formula is C24H17N3O6. The number of nitriles is 1. The van der Waals surface area contributed by atoms with Crippen molar-refractivity contribution in [1.82, 2.24) is 0 Å². The molecule has 0 bridgehead atoms. The van der Waals surface area contributed by atoms with Gasteiger partial charge in [0, 0.05) is 6.07 Å². The number of methoxy groups -OCH3 is 1. The number of nitrogens with zero attached hydrogens (tertiary/aromatic N) is 2. The minimum Gasteiger partial charge on any atom is -0.494 e. The van der Waals surface area contributed by atoms with Crippen LogP contribution in [0.25, 0.3) is 6.08 Å². The van der Waals surface area contributed by atoms with Crippen molar-refractivity contribution in [2.45, 2.75) is 0 Å². The molecule has 9 heteroatoms. The monoisotopic (exact) mass is 443 g/mol. The maximum absolute atomic E-state index is 12.5. The van der Waals surface area contributed by atoms with Crippen LogP contribution in [0.1, 0.15) is 15.9 Å². The predicted molar refractivity (Wildman–Crippen MR) is 120 cm³/mol. The van der Waals surface area contributed by atoms with Crippen LogP contribution in [0.15, 0.2) is 78.4 Å². The molecule has 33 heavy (non-hydrogen) atoms. The number of amides is 1. The van der Waals surface area contributed by atoms with Crippen LogP contribution in [0.4, 0.5) is 11.4 Å². The minimum absolute atomic E-state index is 0.0828. The number of nitrogens with one attached hydrogen (secondary N) is 1. The first-order valence-corrected chi connectivity index (χ1v) is 9.54. The number of nitro groups is 1. The summed E-state index contributed by atoms with van der Waals surface area (Å²) in [5, 5.41) is 22.8. The Labute approximate surface area is 188 Å². The fraction of sp³-hybridized carbons (Fsp3) is 0.0417. The molecule has 1 N–H and O–H groups in total. The highest BCUT2D eigenvalue weighted by Gasteiger charge is 2.16. The van der Waals surface area contributed by atoms with Gasteiger partial charge in [-0.2, -0.15) is 5.26 Å². The first-order valence-electron chi connectivity index (χ1n) is 9.54. The number of hydrogen-bond acceptors (Lipinski definition) is 7. The van der Waals surface area contributed by atoms with Gasteiger partial charge in [0.05, 0.1) is 29.4 Å². The van der Waals surface area contributed by atoms with Gasteiger partial charge in [0.25, 0.3) is 11.6 Å². The lowest BCUT2D eigenvalue weighted by molar-refractivity contribution is -0.384. The zero-order valence-corrected chi connectivity index (χ0v) is 17.3. The number of anilines is 1. The van der Waals surface area contributed by atoms with Crippen molar-refractivity contribution in [3.8, 4) is 17.6 Å². The smallest absolute Gasteiger partial charge is 0.343 e. The number of rotatable bonds is 7. The van der Waals surface area contributed by atoms with Crippen LogP contribution in [0.5, 0.6) is 11.5 Å². The lowest BCUT2D eigenvalue weighted by Gasteiger charge is -2.09. The van der Waals surface area contributed by atoms with Gasteiger partial charge < -0.3 is 14.8 Å². The molecule has 0 atom stereocenters. The van der Waals surface area contributed by atoms with E-state index in [1.54, 1.807) is 54.6 Å². The molecule has 0 fully saturated rings. The van der Waals surface area contributed by atoms with E-state index in [4.69, 9.17) is 9.47 Å². The Hall–Kier alpha value is -4.97. The molecule has 164 valence electrons. The van der Waals surface area contributed by atoms with E-state index in [1.807, 2.05) is 6.07 Å². The average Bonchev–Trinajstić information content (AvgIpc) is 2.84. The van der Waals surface area contributed by atoms with Crippen molar-refractivity contribution in [2.75, 3.05) is 12.4 Å². The van der Waals surface area contributed by atoms with Gasteiger partial charge in [0.15, 0.2) is 0 Å². The average molecular weight is 443 g/mol. The van der Waals surface area contributed by atoms with Gasteiger partial charge in [-0.15, -0.1) is 0 Å². The van der Waals surface area contributed by atoms with Crippen molar-refractivity contribution >= 4 is 29.3 Å². The lowest BCUT2D eigenvalue weighted by atomic mass is 10.1. The molecule has 0 spiro atoms. The van der Waals surface area contributed by atoms with Gasteiger partial charge in [-0.25, -0.2) is 4.79 Å². The molecule has 0 radical (unpaired) electrons. The summed E-state index contributed by atoms with van der Waals surface area (Å²) in [4.78, 5) is 35.0. The maximum atomic E-state index is 12.5. The number of non-ortho nitro benzene ring substituents is 1. The Morgan fingerprint density at radius 1 is 1.06 bits per heavy atom. The molecule has 0 aliphatic heterocycles. The number of esters is 1. The molecule has 3 aromatic carbocycles. The van der Waals surface area contributed by atoms with Crippen molar-refractivity contribution in [2.24, 2.45) is 0 Å². The lowest BCUT2D eigenvalue weighted by Crippen LogP contribution is -2.14. The second kappa shape index (κ2) is 10.4. The molecule has 3 rings (SSSR count). The summed E-state index contributed by atoms with van der Waals surface area (Å²) in [5.74, 6) is -0.837. The van der Waals surface area contributed by atoms with Gasteiger partial charge in [-0.3, -0.25) is 14.9 Å². The highest BCUT2D eigenvalue weighted by molar-refractivity contribution is 6.10. The van der Waals surface area contributed by atoms with E-state index in [2.05, 4.69) is 5.32 Å². The molecule has 9 nitrogen and oxygen atoms in total. The first kappa shape index (κ1) is 22.7. The predicted octanol–water partition coefficient (Wildman–Crippen LogP) is 4.37. The van der Waals surface area contributed by atoms with E-state index < -0.39 is 16.8 Å². The summed E-state index contributed by atoms with van der Waals surface area (Å²) in [6, 6.07) is 20.3. The third kappa shape index (κ3) is 5.80. The Morgan fingerprint density at radius 2 is 1.76 bits per heavy atom. The second-order valence-electron chi connectivity index (χ2n) is 6.59. The zero-order valence-electron chi connectivity index (χ0n) is 17.3. The van der Waals surface area contributed by atoms with Crippen molar-refractivity contribution in [1.29, 1.82) is 5.26 Å². The van der Waals surface area contributed by atoms with E-state index in [9.17, 15) is 25.0 Å². The quantitative estimate of drug-likeness (QED) is 0.143. The van der Waals surface area contributed by atoms with Gasteiger partial charge in [0.1, 0.15) is 23.1 Å². The van der Waals surface area contributed by atoms with Crippen LogP contribution in [-0.2, 0) is 4.79 Å². The minimum atomic E-state index is -0.718. The Bertz CT molecular complexity index is 1260. The number of benzene rings is 3. The summed E-state index contributed by atoms with van der Waals surface area (Å²) in [7, 11) is 1.31. The number of nitro benzene ring substituents is 1. The molecule has 3 aromatic rings. The molecule has 0 aromatic heterocycles. The molecule has 0 aliphatic rings. The number of carbonyl (C=O) groups is 2. The third-order valence-electron chi connectivity index (χ3n) is 4.42. The second-order valence-corrected chi connectivity index (χ2v) is 6.59. The van der Waals surface area contributed by atoms with Crippen molar-refractivity contribution < 1.29 is 24.0 Å². The van der Waals surface area contributed by atoms with E-state index >= 15 is 0 Å². The summed E-state index contributed by atoms with van der Waals surface area (Å²) >= 11 is 0. The fourth-order valence-electron chi connectivity index (χ4n) is 2.77. The van der Waals surface area contributed by atoms with E-state index in [0.717, 1.165) is 0 Å². The molecule has 0 aliphatic carbocycles. The van der Waals surface area contributed by atoms with Crippen LogP contribution >= 0.6 is 0 Å². The van der Waals surface area contributed by atoms with Gasteiger partial charge in [-0.05, 0) is 42.0 Å². The normalized spacial score (nSPS) is 10.6. The Morgan fingerprint density at radius 3 is 2.36 bits per heavy atom. The summed E-state index contributed by atoms with van der Waals surface area (Å²) in [6.07, 6.45) is 1.36. The molecular weight excluding hydrogens is 426 g/mol. The van der Waals surface area contributed by atoms with Crippen molar-refractivity contribution in [3.63, 3.8) is 0 Å². The number of carbonyl (C=O) groups excluding carboxylic acids is 2. The van der Waals surface area contributed by atoms with Crippen LogP contribution in [-0.4, -0.2) is 23.9 Å². The van der Waals surface area contributed by atoms with Gasteiger partial charge in [0.2, 0.25) is 0 Å². The Balaban J connectivity index is 1.72. The maximum Gasteiger partial charge on any atom is 0.343 e. The first-order chi connectivity index (χ1) is 15.9. The fourth-order valence-corrected chi connectivity index (χ4v) is 2.77. The van der Waals surface area contributed by atoms with E-state index in [0.29, 0.717) is 16.9 Å². The highest BCUT2D eigenvalue weighted by atomic mass is 16.6. The molecule has 0 heterocycles. The van der Waals surface area contributed by atoms with Gasteiger partial charge in [-0.1, -0.05) is 30.3 Å². The molecule has 1 amide bonds. The van der Waals surface area contributed by atoms with Crippen LogP contribution in [0, 0.1) is 21.4 Å².